The van der Waals surface area contributed by atoms with Crippen molar-refractivity contribution < 1.29 is 15.0 Å². The van der Waals surface area contributed by atoms with E-state index in [-0.39, 0.29) is 12.0 Å². The van der Waals surface area contributed by atoms with Crippen molar-refractivity contribution in [3.8, 4) is 0 Å². The minimum Gasteiger partial charge on any atom is -0.480 e. The van der Waals surface area contributed by atoms with Gasteiger partial charge in [0, 0.05) is 37.3 Å². The highest BCUT2D eigenvalue weighted by Crippen LogP contribution is 2.26. The Morgan fingerprint density at radius 2 is 2.27 bits per heavy atom. The Morgan fingerprint density at radius 3 is 3.04 bits per heavy atom. The number of aliphatic hydroxyl groups excluding tert-OH is 1. The summed E-state index contributed by atoms with van der Waals surface area (Å²) in [5.74, 6) is 1.07. The molecule has 3 heterocycles. The van der Waals surface area contributed by atoms with Crippen molar-refractivity contribution in [2.24, 2.45) is 11.7 Å². The molecular formula is C16H24N6O3S. The third kappa shape index (κ3) is 4.26. The fourth-order valence-corrected chi connectivity index (χ4v) is 4.39. The smallest absolute Gasteiger partial charge is 0.320 e. The van der Waals surface area contributed by atoms with Crippen molar-refractivity contribution in [2.75, 3.05) is 30.3 Å². The number of carboxylic acids is 1. The Hall–Kier alpha value is -1.88. The van der Waals surface area contributed by atoms with Gasteiger partial charge in [-0.3, -0.25) is 9.69 Å². The number of aromatic nitrogens is 3. The summed E-state index contributed by atoms with van der Waals surface area (Å²) in [4.78, 5) is 24.3. The van der Waals surface area contributed by atoms with E-state index in [1.807, 2.05) is 6.20 Å². The Kier molecular flexibility index (Phi) is 5.97. The van der Waals surface area contributed by atoms with Gasteiger partial charge in [-0.2, -0.15) is 11.8 Å². The van der Waals surface area contributed by atoms with Gasteiger partial charge in [0.2, 0.25) is 0 Å². The fourth-order valence-electron chi connectivity index (χ4n) is 3.18. The highest BCUT2D eigenvalue weighted by Gasteiger charge is 2.31. The van der Waals surface area contributed by atoms with E-state index in [0.717, 1.165) is 28.9 Å². The number of thioether (sulfide) groups is 1. The van der Waals surface area contributed by atoms with Gasteiger partial charge in [-0.25, -0.2) is 9.97 Å². The molecule has 0 radical (unpaired) electrons. The van der Waals surface area contributed by atoms with Crippen molar-refractivity contribution in [3.05, 3.63) is 18.1 Å². The number of H-pyrrole nitrogens is 1. The van der Waals surface area contributed by atoms with Crippen LogP contribution in [0, 0.1) is 5.92 Å². The highest BCUT2D eigenvalue weighted by molar-refractivity contribution is 7.99. The van der Waals surface area contributed by atoms with Crippen LogP contribution in [0.25, 0.3) is 11.0 Å². The molecule has 26 heavy (non-hydrogen) atoms. The first-order valence-electron chi connectivity index (χ1n) is 8.48. The number of carbonyl (C=O) groups is 1. The molecule has 0 aliphatic carbocycles. The Balaban J connectivity index is 1.50. The normalized spacial score (nSPS) is 22.1. The van der Waals surface area contributed by atoms with Gasteiger partial charge in [0.05, 0.1) is 11.6 Å². The summed E-state index contributed by atoms with van der Waals surface area (Å²) in [5.41, 5.74) is 13.9. The molecule has 0 unspecified atom stereocenters. The summed E-state index contributed by atoms with van der Waals surface area (Å²) in [6, 6.07) is -0.816. The first kappa shape index (κ1) is 18.9. The SMILES string of the molecule is Nc1ncnc2c(CN3C[C@H](CSCC[C@H](N)C(=O)O)[C@@H](O)C3)c[nH]c12. The van der Waals surface area contributed by atoms with Crippen LogP contribution in [0.2, 0.25) is 0 Å². The number of β-amino-alcohol motifs (C(OH)–C–C–N with tert-alkyl or cyclic N) is 1. The number of fused-ring (bicyclic) bond motifs is 1. The lowest BCUT2D eigenvalue weighted by atomic mass is 10.1. The largest absolute Gasteiger partial charge is 0.480 e. The zero-order chi connectivity index (χ0) is 18.7. The average Bonchev–Trinajstić information content (AvgIpc) is 3.16. The topological polar surface area (TPSA) is 154 Å². The molecule has 7 N–H and O–H groups in total. The summed E-state index contributed by atoms with van der Waals surface area (Å²) >= 11 is 1.64. The number of aliphatic carboxylic acids is 1. The second kappa shape index (κ2) is 8.21. The predicted octanol–water partition coefficient (Wildman–Crippen LogP) is -0.132. The molecule has 0 amide bonds. The molecule has 1 aliphatic heterocycles. The quantitative estimate of drug-likeness (QED) is 0.394. The number of aliphatic hydroxyl groups is 1. The Labute approximate surface area is 155 Å². The van der Waals surface area contributed by atoms with Gasteiger partial charge < -0.3 is 26.7 Å². The van der Waals surface area contributed by atoms with Gasteiger partial charge >= 0.3 is 5.97 Å². The molecule has 0 spiro atoms. The highest BCUT2D eigenvalue weighted by atomic mass is 32.2. The number of aromatic amines is 1. The Morgan fingerprint density at radius 1 is 1.46 bits per heavy atom. The van der Waals surface area contributed by atoms with Crippen LogP contribution in [-0.2, 0) is 11.3 Å². The monoisotopic (exact) mass is 380 g/mol. The van der Waals surface area contributed by atoms with Gasteiger partial charge in [-0.15, -0.1) is 0 Å². The molecule has 0 saturated carbocycles. The molecule has 10 heteroatoms. The number of anilines is 1. The molecule has 2 aromatic rings. The Bertz CT molecular complexity index is 770. The maximum atomic E-state index is 10.7. The summed E-state index contributed by atoms with van der Waals surface area (Å²) in [6.07, 6.45) is 3.38. The van der Waals surface area contributed by atoms with E-state index in [1.54, 1.807) is 11.8 Å². The average molecular weight is 380 g/mol. The van der Waals surface area contributed by atoms with E-state index < -0.39 is 12.0 Å². The van der Waals surface area contributed by atoms with Crippen molar-refractivity contribution in [1.82, 2.24) is 19.9 Å². The number of nitrogens with two attached hydrogens (primary N) is 2. The molecule has 2 aromatic heterocycles. The number of nitrogen functional groups attached to an aromatic ring is 1. The van der Waals surface area contributed by atoms with E-state index in [0.29, 0.717) is 31.1 Å². The molecule has 1 aliphatic rings. The van der Waals surface area contributed by atoms with Crippen LogP contribution in [0.5, 0.6) is 0 Å². The number of carboxylic acid groups (broad SMARTS) is 1. The van der Waals surface area contributed by atoms with Crippen LogP contribution in [0.3, 0.4) is 0 Å². The summed E-state index contributed by atoms with van der Waals surface area (Å²) in [7, 11) is 0. The summed E-state index contributed by atoms with van der Waals surface area (Å²) in [6.45, 7) is 2.07. The molecule has 0 aromatic carbocycles. The number of likely N-dealkylation sites (tertiary alicyclic amines) is 1. The maximum Gasteiger partial charge on any atom is 0.320 e. The fraction of sp³-hybridized carbons (Fsp3) is 0.562. The van der Waals surface area contributed by atoms with Gasteiger partial charge in [0.15, 0.2) is 5.82 Å². The number of nitrogens with zero attached hydrogens (tertiary/aromatic N) is 3. The van der Waals surface area contributed by atoms with E-state index in [4.69, 9.17) is 16.6 Å². The first-order chi connectivity index (χ1) is 12.5. The van der Waals surface area contributed by atoms with Crippen molar-refractivity contribution in [1.29, 1.82) is 0 Å². The molecule has 3 atom stereocenters. The zero-order valence-electron chi connectivity index (χ0n) is 14.3. The second-order valence-electron chi connectivity index (χ2n) is 6.63. The van der Waals surface area contributed by atoms with E-state index >= 15 is 0 Å². The molecule has 3 rings (SSSR count). The van der Waals surface area contributed by atoms with E-state index in [9.17, 15) is 9.90 Å². The van der Waals surface area contributed by atoms with Gasteiger partial charge in [0.25, 0.3) is 0 Å². The summed E-state index contributed by atoms with van der Waals surface area (Å²) < 4.78 is 0. The molecule has 142 valence electrons. The molecule has 9 nitrogen and oxygen atoms in total. The second-order valence-corrected chi connectivity index (χ2v) is 7.78. The lowest BCUT2D eigenvalue weighted by Crippen LogP contribution is -2.30. The number of rotatable bonds is 8. The molecule has 1 saturated heterocycles. The van der Waals surface area contributed by atoms with Gasteiger partial charge in [-0.05, 0) is 17.9 Å². The van der Waals surface area contributed by atoms with Gasteiger partial charge in [-0.1, -0.05) is 0 Å². The zero-order valence-corrected chi connectivity index (χ0v) is 15.2. The van der Waals surface area contributed by atoms with Crippen molar-refractivity contribution in [3.63, 3.8) is 0 Å². The van der Waals surface area contributed by atoms with Crippen LogP contribution < -0.4 is 11.5 Å². The van der Waals surface area contributed by atoms with E-state index in [1.165, 1.54) is 6.33 Å². The van der Waals surface area contributed by atoms with Gasteiger partial charge in [0.1, 0.15) is 17.9 Å². The minimum atomic E-state index is -0.971. The van der Waals surface area contributed by atoms with Crippen molar-refractivity contribution >= 4 is 34.6 Å². The maximum absolute atomic E-state index is 10.7. The lowest BCUT2D eigenvalue weighted by Gasteiger charge is -2.15. The number of hydrogen-bond acceptors (Lipinski definition) is 8. The standard InChI is InChI=1S/C16H24N6O3S/c17-11(16(24)25)1-2-26-7-10-5-22(6-12(10)23)4-9-3-19-14-13(9)20-8-21-15(14)18/h3,8,10-12,19,23H,1-2,4-7,17H2,(H,24,25)(H2,18,20,21)/t10-,11+,12+/m1/s1. The third-order valence-corrected chi connectivity index (χ3v) is 5.86. The van der Waals surface area contributed by atoms with Crippen LogP contribution in [0.4, 0.5) is 5.82 Å². The number of nitrogens with one attached hydrogen (secondary N) is 1. The molecule has 0 bridgehead atoms. The minimum absolute atomic E-state index is 0.158. The summed E-state index contributed by atoms with van der Waals surface area (Å²) in [5, 5.41) is 19.1. The van der Waals surface area contributed by atoms with Crippen LogP contribution >= 0.6 is 11.8 Å². The van der Waals surface area contributed by atoms with Crippen LogP contribution in [0.15, 0.2) is 12.5 Å². The van der Waals surface area contributed by atoms with E-state index in [2.05, 4.69) is 19.9 Å². The first-order valence-corrected chi connectivity index (χ1v) is 9.64. The predicted molar refractivity (Wildman–Crippen MR) is 101 cm³/mol. The number of hydrogen-bond donors (Lipinski definition) is 5. The van der Waals surface area contributed by atoms with Crippen LogP contribution in [-0.4, -0.2) is 72.8 Å². The molecule has 1 fully saturated rings. The lowest BCUT2D eigenvalue weighted by molar-refractivity contribution is -0.138. The molecular weight excluding hydrogens is 356 g/mol. The third-order valence-electron chi connectivity index (χ3n) is 4.67. The van der Waals surface area contributed by atoms with Crippen LogP contribution in [0.1, 0.15) is 12.0 Å². The van der Waals surface area contributed by atoms with Crippen molar-refractivity contribution in [2.45, 2.75) is 25.1 Å².